The zero-order valence-electron chi connectivity index (χ0n) is 10.6. The Morgan fingerprint density at radius 1 is 1.25 bits per heavy atom. The number of nitrogens with one attached hydrogen (secondary N) is 1. The molecule has 0 aliphatic carbocycles. The zero-order valence-corrected chi connectivity index (χ0v) is 10.6. The normalized spacial score (nSPS) is 10.6. The summed E-state index contributed by atoms with van der Waals surface area (Å²) in [6.07, 6.45) is 0. The van der Waals surface area contributed by atoms with Crippen molar-refractivity contribution >= 4 is 0 Å². The average Bonchev–Trinajstić information content (AvgIpc) is 2.28. The summed E-state index contributed by atoms with van der Waals surface area (Å²) in [5.74, 6) is 0.945. The summed E-state index contributed by atoms with van der Waals surface area (Å²) in [4.78, 5) is 0. The van der Waals surface area contributed by atoms with Gasteiger partial charge in [0.15, 0.2) is 0 Å². The SMILES string of the molecule is COc1cc(C)c(CNCCO)c(C)c1C. The molecule has 0 saturated heterocycles. The molecule has 0 amide bonds. The van der Waals surface area contributed by atoms with Gasteiger partial charge in [-0.25, -0.2) is 0 Å². The lowest BCUT2D eigenvalue weighted by Gasteiger charge is -2.16. The first kappa shape index (κ1) is 13.0. The third kappa shape index (κ3) is 2.74. The number of methoxy groups -OCH3 is 1. The summed E-state index contributed by atoms with van der Waals surface area (Å²) in [5.41, 5.74) is 4.98. The molecule has 1 aromatic carbocycles. The second-order valence-corrected chi connectivity index (χ2v) is 4.02. The minimum Gasteiger partial charge on any atom is -0.496 e. The molecule has 0 fully saturated rings. The summed E-state index contributed by atoms with van der Waals surface area (Å²) >= 11 is 0. The van der Waals surface area contributed by atoms with E-state index in [4.69, 9.17) is 9.84 Å². The van der Waals surface area contributed by atoms with Crippen molar-refractivity contribution in [3.63, 3.8) is 0 Å². The fourth-order valence-corrected chi connectivity index (χ4v) is 1.88. The number of aliphatic hydroxyl groups is 1. The average molecular weight is 223 g/mol. The van der Waals surface area contributed by atoms with Crippen molar-refractivity contribution < 1.29 is 9.84 Å². The van der Waals surface area contributed by atoms with E-state index in [-0.39, 0.29) is 6.61 Å². The van der Waals surface area contributed by atoms with Crippen LogP contribution < -0.4 is 10.1 Å². The minimum atomic E-state index is 0.174. The summed E-state index contributed by atoms with van der Waals surface area (Å²) in [5, 5.41) is 11.9. The molecule has 0 aliphatic rings. The molecule has 0 aliphatic heterocycles. The molecule has 0 radical (unpaired) electrons. The molecule has 0 aromatic heterocycles. The number of aryl methyl sites for hydroxylation is 1. The van der Waals surface area contributed by atoms with Crippen LogP contribution in [0.25, 0.3) is 0 Å². The molecule has 0 saturated carbocycles. The van der Waals surface area contributed by atoms with E-state index in [1.807, 2.05) is 0 Å². The predicted molar refractivity (Wildman–Crippen MR) is 66.0 cm³/mol. The lowest BCUT2D eigenvalue weighted by atomic mass is 9.97. The van der Waals surface area contributed by atoms with E-state index in [1.165, 1.54) is 22.3 Å². The maximum atomic E-state index is 8.74. The standard InChI is InChI=1S/C13H21NO2/c1-9-7-13(16-4)11(3)10(2)12(9)8-14-5-6-15/h7,14-15H,5-6,8H2,1-4H3. The van der Waals surface area contributed by atoms with Crippen molar-refractivity contribution in [1.29, 1.82) is 0 Å². The van der Waals surface area contributed by atoms with E-state index in [0.29, 0.717) is 6.54 Å². The Hall–Kier alpha value is -1.06. The van der Waals surface area contributed by atoms with Crippen LogP contribution in [-0.4, -0.2) is 25.4 Å². The first-order valence-electron chi connectivity index (χ1n) is 5.57. The molecule has 0 spiro atoms. The maximum Gasteiger partial charge on any atom is 0.122 e. The lowest BCUT2D eigenvalue weighted by molar-refractivity contribution is 0.292. The topological polar surface area (TPSA) is 41.5 Å². The van der Waals surface area contributed by atoms with Crippen LogP contribution in [0.15, 0.2) is 6.07 Å². The molecule has 0 bridgehead atoms. The van der Waals surface area contributed by atoms with Gasteiger partial charge < -0.3 is 15.2 Å². The van der Waals surface area contributed by atoms with Gasteiger partial charge >= 0.3 is 0 Å². The van der Waals surface area contributed by atoms with Gasteiger partial charge in [0.1, 0.15) is 5.75 Å². The number of hydrogen-bond donors (Lipinski definition) is 2. The Morgan fingerprint density at radius 2 is 1.94 bits per heavy atom. The van der Waals surface area contributed by atoms with Gasteiger partial charge in [0.25, 0.3) is 0 Å². The van der Waals surface area contributed by atoms with Gasteiger partial charge in [-0.3, -0.25) is 0 Å². The van der Waals surface area contributed by atoms with Crippen LogP contribution in [0.2, 0.25) is 0 Å². The van der Waals surface area contributed by atoms with Gasteiger partial charge in [-0.2, -0.15) is 0 Å². The Labute approximate surface area is 97.4 Å². The molecule has 2 N–H and O–H groups in total. The molecule has 3 nitrogen and oxygen atoms in total. The highest BCUT2D eigenvalue weighted by Gasteiger charge is 2.09. The summed E-state index contributed by atoms with van der Waals surface area (Å²) in [7, 11) is 1.70. The Morgan fingerprint density at radius 3 is 2.50 bits per heavy atom. The van der Waals surface area contributed by atoms with Crippen LogP contribution in [0.3, 0.4) is 0 Å². The minimum absolute atomic E-state index is 0.174. The summed E-state index contributed by atoms with van der Waals surface area (Å²) in [6.45, 7) is 7.87. The molecule has 0 heterocycles. The van der Waals surface area contributed by atoms with Crippen molar-refractivity contribution in [3.8, 4) is 5.75 Å². The van der Waals surface area contributed by atoms with Crippen molar-refractivity contribution in [3.05, 3.63) is 28.3 Å². The van der Waals surface area contributed by atoms with E-state index >= 15 is 0 Å². The van der Waals surface area contributed by atoms with Crippen LogP contribution in [0.1, 0.15) is 22.3 Å². The first-order valence-corrected chi connectivity index (χ1v) is 5.57. The largest absolute Gasteiger partial charge is 0.496 e. The van der Waals surface area contributed by atoms with Gasteiger partial charge in [-0.05, 0) is 49.1 Å². The van der Waals surface area contributed by atoms with Crippen LogP contribution in [0.5, 0.6) is 5.75 Å². The smallest absolute Gasteiger partial charge is 0.122 e. The van der Waals surface area contributed by atoms with Crippen LogP contribution in [0, 0.1) is 20.8 Å². The molecule has 0 unspecified atom stereocenters. The molecule has 1 rings (SSSR count). The summed E-state index contributed by atoms with van der Waals surface area (Å²) < 4.78 is 5.33. The fourth-order valence-electron chi connectivity index (χ4n) is 1.88. The fraction of sp³-hybridized carbons (Fsp3) is 0.538. The predicted octanol–water partition coefficient (Wildman–Crippen LogP) is 1.70. The van der Waals surface area contributed by atoms with Gasteiger partial charge in [0.05, 0.1) is 13.7 Å². The molecular formula is C13H21NO2. The van der Waals surface area contributed by atoms with Gasteiger partial charge in [0, 0.05) is 13.1 Å². The Kier molecular flexibility index (Phi) is 4.77. The van der Waals surface area contributed by atoms with Crippen LogP contribution in [0.4, 0.5) is 0 Å². The van der Waals surface area contributed by atoms with Crippen molar-refractivity contribution in [2.24, 2.45) is 0 Å². The molecule has 90 valence electrons. The number of aliphatic hydroxyl groups excluding tert-OH is 1. The van der Waals surface area contributed by atoms with Gasteiger partial charge in [0.2, 0.25) is 0 Å². The van der Waals surface area contributed by atoms with E-state index < -0.39 is 0 Å². The van der Waals surface area contributed by atoms with Gasteiger partial charge in [-0.1, -0.05) is 0 Å². The summed E-state index contributed by atoms with van der Waals surface area (Å²) in [6, 6.07) is 2.07. The van der Waals surface area contributed by atoms with Crippen molar-refractivity contribution in [1.82, 2.24) is 5.32 Å². The number of benzene rings is 1. The van der Waals surface area contributed by atoms with E-state index in [0.717, 1.165) is 12.3 Å². The monoisotopic (exact) mass is 223 g/mol. The van der Waals surface area contributed by atoms with Crippen molar-refractivity contribution in [2.45, 2.75) is 27.3 Å². The van der Waals surface area contributed by atoms with Crippen molar-refractivity contribution in [2.75, 3.05) is 20.3 Å². The zero-order chi connectivity index (χ0) is 12.1. The lowest BCUT2D eigenvalue weighted by Crippen LogP contribution is -2.19. The van der Waals surface area contributed by atoms with E-state index in [9.17, 15) is 0 Å². The second-order valence-electron chi connectivity index (χ2n) is 4.02. The molecule has 1 aromatic rings. The Bertz CT molecular complexity index is 361. The van der Waals surface area contributed by atoms with E-state index in [2.05, 4.69) is 32.2 Å². The molecule has 0 atom stereocenters. The molecule has 3 heteroatoms. The third-order valence-electron chi connectivity index (χ3n) is 3.02. The maximum absolute atomic E-state index is 8.74. The number of hydrogen-bond acceptors (Lipinski definition) is 3. The molecule has 16 heavy (non-hydrogen) atoms. The first-order chi connectivity index (χ1) is 7.61. The highest BCUT2D eigenvalue weighted by Crippen LogP contribution is 2.27. The quantitative estimate of drug-likeness (QED) is 0.747. The number of ether oxygens (including phenoxy) is 1. The molecular weight excluding hydrogens is 202 g/mol. The second kappa shape index (κ2) is 5.87. The third-order valence-corrected chi connectivity index (χ3v) is 3.02. The van der Waals surface area contributed by atoms with Gasteiger partial charge in [-0.15, -0.1) is 0 Å². The highest BCUT2D eigenvalue weighted by molar-refractivity contribution is 5.48. The Balaban J connectivity index is 2.96. The highest BCUT2D eigenvalue weighted by atomic mass is 16.5. The number of rotatable bonds is 5. The van der Waals surface area contributed by atoms with Crippen LogP contribution >= 0.6 is 0 Å². The van der Waals surface area contributed by atoms with E-state index in [1.54, 1.807) is 7.11 Å². The van der Waals surface area contributed by atoms with Crippen LogP contribution in [-0.2, 0) is 6.54 Å².